The molecule has 8 heteroatoms. The highest BCUT2D eigenvalue weighted by Crippen LogP contribution is 2.53. The molecule has 0 unspecified atom stereocenters. The molecule has 0 radical (unpaired) electrons. The van der Waals surface area contributed by atoms with E-state index in [1.54, 1.807) is 6.92 Å². The molecule has 1 aromatic rings. The van der Waals surface area contributed by atoms with Crippen LogP contribution in [0.2, 0.25) is 0 Å². The summed E-state index contributed by atoms with van der Waals surface area (Å²) in [6, 6.07) is 0. The Balaban J connectivity index is 1.30. The van der Waals surface area contributed by atoms with Gasteiger partial charge < -0.3 is 14.5 Å². The minimum atomic E-state index is -0.435. The molecule has 1 aliphatic carbocycles. The van der Waals surface area contributed by atoms with Crippen molar-refractivity contribution in [1.29, 1.82) is 0 Å². The van der Waals surface area contributed by atoms with Gasteiger partial charge in [-0.3, -0.25) is 9.48 Å². The molecular formula is C22H33IN4O3. The van der Waals surface area contributed by atoms with E-state index in [0.29, 0.717) is 17.9 Å². The van der Waals surface area contributed by atoms with Gasteiger partial charge in [0.2, 0.25) is 5.91 Å². The van der Waals surface area contributed by atoms with Crippen LogP contribution in [-0.2, 0) is 29.0 Å². The van der Waals surface area contributed by atoms with Gasteiger partial charge in [-0.05, 0) is 80.4 Å². The van der Waals surface area contributed by atoms with Crippen LogP contribution in [0.1, 0.15) is 64.6 Å². The first kappa shape index (κ1) is 21.9. The molecule has 0 N–H and O–H groups in total. The highest BCUT2D eigenvalue weighted by atomic mass is 127. The van der Waals surface area contributed by atoms with E-state index in [0.717, 1.165) is 49.1 Å². The second-order valence-electron chi connectivity index (χ2n) is 10.3. The van der Waals surface area contributed by atoms with Crippen molar-refractivity contribution in [2.75, 3.05) is 19.6 Å². The number of halogens is 1. The van der Waals surface area contributed by atoms with Crippen LogP contribution in [0.25, 0.3) is 0 Å². The molecule has 4 rings (SSSR count). The Morgan fingerprint density at radius 1 is 1.17 bits per heavy atom. The van der Waals surface area contributed by atoms with E-state index in [9.17, 15) is 9.59 Å². The van der Waals surface area contributed by atoms with Gasteiger partial charge in [0.05, 0.1) is 6.54 Å². The Hall–Kier alpha value is -1.32. The molecule has 3 aliphatic rings. The lowest BCUT2D eigenvalue weighted by atomic mass is 9.57. The Bertz CT molecular complexity index is 828. The molecule has 0 atom stereocenters. The first-order valence-electron chi connectivity index (χ1n) is 11.0. The lowest BCUT2D eigenvalue weighted by molar-refractivity contribution is -0.129. The van der Waals surface area contributed by atoms with Crippen LogP contribution in [0.4, 0.5) is 4.79 Å². The molecule has 1 spiro atoms. The number of amides is 2. The SMILES string of the molecule is CC(=O)N1CCc2c(c(I)nn2CC2CC3(CCN(C(=O)OC(C)(C)C)CC3)C2)C1. The van der Waals surface area contributed by atoms with E-state index in [4.69, 9.17) is 9.84 Å². The molecule has 2 amide bonds. The molecule has 1 aromatic heterocycles. The van der Waals surface area contributed by atoms with Crippen molar-refractivity contribution in [2.24, 2.45) is 11.3 Å². The summed E-state index contributed by atoms with van der Waals surface area (Å²) in [5, 5.41) is 4.81. The van der Waals surface area contributed by atoms with Crippen molar-refractivity contribution in [3.05, 3.63) is 15.0 Å². The van der Waals surface area contributed by atoms with Crippen LogP contribution in [0, 0.1) is 15.0 Å². The van der Waals surface area contributed by atoms with Gasteiger partial charge >= 0.3 is 6.09 Å². The zero-order valence-corrected chi connectivity index (χ0v) is 20.7. The minimum absolute atomic E-state index is 0.142. The van der Waals surface area contributed by atoms with Crippen LogP contribution < -0.4 is 0 Å². The molecule has 2 fully saturated rings. The zero-order valence-electron chi connectivity index (χ0n) is 18.5. The first-order valence-corrected chi connectivity index (χ1v) is 12.1. The van der Waals surface area contributed by atoms with Gasteiger partial charge in [0.1, 0.15) is 9.30 Å². The van der Waals surface area contributed by atoms with E-state index in [2.05, 4.69) is 27.3 Å². The summed E-state index contributed by atoms with van der Waals surface area (Å²) in [6.07, 6.45) is 5.31. The molecule has 30 heavy (non-hydrogen) atoms. The quantitative estimate of drug-likeness (QED) is 0.548. The summed E-state index contributed by atoms with van der Waals surface area (Å²) in [6.45, 7) is 11.5. The molecule has 2 aliphatic heterocycles. The number of aromatic nitrogens is 2. The van der Waals surface area contributed by atoms with E-state index in [-0.39, 0.29) is 12.0 Å². The molecule has 0 bridgehead atoms. The fourth-order valence-corrected chi connectivity index (χ4v) is 6.05. The number of carbonyl (C=O) groups excluding carboxylic acids is 2. The van der Waals surface area contributed by atoms with Gasteiger partial charge in [-0.25, -0.2) is 4.79 Å². The number of hydrogen-bond donors (Lipinski definition) is 0. The van der Waals surface area contributed by atoms with Crippen molar-refractivity contribution in [3.8, 4) is 0 Å². The summed E-state index contributed by atoms with van der Waals surface area (Å²) in [5.41, 5.74) is 2.51. The second kappa shape index (κ2) is 7.98. The molecular weight excluding hydrogens is 495 g/mol. The summed E-state index contributed by atoms with van der Waals surface area (Å²) in [5.74, 6) is 0.798. The van der Waals surface area contributed by atoms with E-state index >= 15 is 0 Å². The lowest BCUT2D eigenvalue weighted by Gasteiger charge is -2.52. The molecule has 3 heterocycles. The highest BCUT2D eigenvalue weighted by molar-refractivity contribution is 14.1. The van der Waals surface area contributed by atoms with Gasteiger partial charge in [0.25, 0.3) is 0 Å². The number of piperidine rings is 1. The van der Waals surface area contributed by atoms with Crippen LogP contribution in [0.3, 0.4) is 0 Å². The lowest BCUT2D eigenvalue weighted by Crippen LogP contribution is -2.50. The number of likely N-dealkylation sites (tertiary alicyclic amines) is 1. The van der Waals surface area contributed by atoms with Crippen LogP contribution in [0.5, 0.6) is 0 Å². The van der Waals surface area contributed by atoms with Crippen molar-refractivity contribution >= 4 is 34.6 Å². The third kappa shape index (κ3) is 4.48. The number of rotatable bonds is 2. The Morgan fingerprint density at radius 2 is 1.83 bits per heavy atom. The number of ether oxygens (including phenoxy) is 1. The van der Waals surface area contributed by atoms with Gasteiger partial charge in [-0.15, -0.1) is 0 Å². The number of carbonyl (C=O) groups is 2. The maximum Gasteiger partial charge on any atom is 0.410 e. The largest absolute Gasteiger partial charge is 0.444 e. The van der Waals surface area contributed by atoms with Crippen LogP contribution in [-0.4, -0.2) is 56.8 Å². The van der Waals surface area contributed by atoms with E-state index in [1.807, 2.05) is 30.6 Å². The summed E-state index contributed by atoms with van der Waals surface area (Å²) in [7, 11) is 0. The van der Waals surface area contributed by atoms with Crippen molar-refractivity contribution < 1.29 is 14.3 Å². The molecule has 0 aromatic carbocycles. The summed E-state index contributed by atoms with van der Waals surface area (Å²) < 4.78 is 8.77. The Labute approximate surface area is 192 Å². The predicted molar refractivity (Wildman–Crippen MR) is 122 cm³/mol. The fourth-order valence-electron chi connectivity index (χ4n) is 5.31. The van der Waals surface area contributed by atoms with E-state index < -0.39 is 5.60 Å². The smallest absolute Gasteiger partial charge is 0.410 e. The monoisotopic (exact) mass is 528 g/mol. The third-order valence-electron chi connectivity index (χ3n) is 6.88. The van der Waals surface area contributed by atoms with Crippen molar-refractivity contribution in [3.63, 3.8) is 0 Å². The molecule has 1 saturated heterocycles. The van der Waals surface area contributed by atoms with Crippen molar-refractivity contribution in [1.82, 2.24) is 19.6 Å². The molecule has 166 valence electrons. The molecule has 7 nitrogen and oxygen atoms in total. The van der Waals surface area contributed by atoms with Crippen molar-refractivity contribution in [2.45, 2.75) is 78.5 Å². The Kier molecular flexibility index (Phi) is 5.83. The normalized spacial score (nSPS) is 21.4. The number of nitrogens with zero attached hydrogens (tertiary/aromatic N) is 4. The van der Waals surface area contributed by atoms with Gasteiger partial charge in [-0.1, -0.05) is 0 Å². The van der Waals surface area contributed by atoms with E-state index in [1.165, 1.54) is 24.1 Å². The molecule has 1 saturated carbocycles. The average Bonchev–Trinajstić information content (AvgIpc) is 2.95. The highest BCUT2D eigenvalue weighted by Gasteiger charge is 2.47. The van der Waals surface area contributed by atoms with Gasteiger partial charge in [0.15, 0.2) is 0 Å². The van der Waals surface area contributed by atoms with Crippen LogP contribution in [0.15, 0.2) is 0 Å². The number of fused-ring (bicyclic) bond motifs is 1. The fraction of sp³-hybridized carbons (Fsp3) is 0.773. The second-order valence-corrected chi connectivity index (χ2v) is 11.4. The van der Waals surface area contributed by atoms with Gasteiger partial charge in [0, 0.05) is 50.8 Å². The maximum absolute atomic E-state index is 12.3. The average molecular weight is 528 g/mol. The topological polar surface area (TPSA) is 67.7 Å². The van der Waals surface area contributed by atoms with Gasteiger partial charge in [-0.2, -0.15) is 5.10 Å². The summed E-state index contributed by atoms with van der Waals surface area (Å²) in [4.78, 5) is 27.8. The standard InChI is InChI=1S/C22H33IN4O3/c1-15(28)26-8-5-18-17(14-26)19(23)24-27(18)13-16-11-22(12-16)6-9-25(10-7-22)20(29)30-21(2,3)4/h16H,5-14H2,1-4H3. The Morgan fingerprint density at radius 3 is 2.43 bits per heavy atom. The zero-order chi connectivity index (χ0) is 21.7. The predicted octanol–water partition coefficient (Wildman–Crippen LogP) is 3.82. The first-order chi connectivity index (χ1) is 14.1. The third-order valence-corrected chi connectivity index (χ3v) is 7.75. The minimum Gasteiger partial charge on any atom is -0.444 e. The summed E-state index contributed by atoms with van der Waals surface area (Å²) >= 11 is 2.31. The number of hydrogen-bond acceptors (Lipinski definition) is 4. The van der Waals surface area contributed by atoms with Crippen LogP contribution >= 0.6 is 22.6 Å². The maximum atomic E-state index is 12.3.